The molecule has 0 amide bonds. The van der Waals surface area contributed by atoms with Gasteiger partial charge in [-0.05, 0) is 51.4 Å². The standard InChI is InChI=1S/C19H34N4O.HI/c1-12(2)16-7-9-17(10-8-16)22-19(20-6)21-11-13(3)18-14(4)23-24-15(18)5;/h12-13,16-17H,7-11H2,1-6H3,(H2,20,21,22);1H. The molecular weight excluding hydrogens is 427 g/mol. The van der Waals surface area contributed by atoms with Crippen molar-refractivity contribution in [3.63, 3.8) is 0 Å². The molecule has 144 valence electrons. The first-order valence-corrected chi connectivity index (χ1v) is 9.32. The van der Waals surface area contributed by atoms with Crippen molar-refractivity contribution < 1.29 is 4.52 Å². The van der Waals surface area contributed by atoms with E-state index in [0.717, 1.165) is 35.8 Å². The van der Waals surface area contributed by atoms with Crippen molar-refractivity contribution in [3.05, 3.63) is 17.0 Å². The van der Waals surface area contributed by atoms with Crippen molar-refractivity contribution in [2.45, 2.75) is 72.3 Å². The number of hydrogen-bond acceptors (Lipinski definition) is 3. The Morgan fingerprint density at radius 3 is 2.32 bits per heavy atom. The number of rotatable bonds is 5. The molecular formula is C19H35IN4O. The predicted octanol–water partition coefficient (Wildman–Crippen LogP) is 4.39. The topological polar surface area (TPSA) is 62.5 Å². The summed E-state index contributed by atoms with van der Waals surface area (Å²) < 4.78 is 5.28. The summed E-state index contributed by atoms with van der Waals surface area (Å²) in [6.07, 6.45) is 5.12. The summed E-state index contributed by atoms with van der Waals surface area (Å²) in [5, 5.41) is 11.1. The van der Waals surface area contributed by atoms with Crippen molar-refractivity contribution >= 4 is 29.9 Å². The van der Waals surface area contributed by atoms with E-state index < -0.39 is 0 Å². The highest BCUT2D eigenvalue weighted by Gasteiger charge is 2.24. The van der Waals surface area contributed by atoms with Crippen LogP contribution in [0.3, 0.4) is 0 Å². The van der Waals surface area contributed by atoms with Gasteiger partial charge in [-0.1, -0.05) is 25.9 Å². The molecule has 25 heavy (non-hydrogen) atoms. The van der Waals surface area contributed by atoms with E-state index in [1.165, 1.54) is 31.2 Å². The third kappa shape index (κ3) is 6.15. The Morgan fingerprint density at radius 2 is 1.84 bits per heavy atom. The number of halogens is 1. The summed E-state index contributed by atoms with van der Waals surface area (Å²) in [4.78, 5) is 4.39. The lowest BCUT2D eigenvalue weighted by molar-refractivity contribution is 0.250. The molecule has 1 aliphatic rings. The van der Waals surface area contributed by atoms with Crippen LogP contribution in [0.5, 0.6) is 0 Å². The summed E-state index contributed by atoms with van der Waals surface area (Å²) in [7, 11) is 1.84. The van der Waals surface area contributed by atoms with E-state index in [1.807, 2.05) is 20.9 Å². The number of aryl methyl sites for hydroxylation is 2. The Morgan fingerprint density at radius 1 is 1.20 bits per heavy atom. The first kappa shape index (κ1) is 22.3. The van der Waals surface area contributed by atoms with E-state index in [9.17, 15) is 0 Å². The highest BCUT2D eigenvalue weighted by molar-refractivity contribution is 14.0. The van der Waals surface area contributed by atoms with Gasteiger partial charge in [0.05, 0.1) is 5.69 Å². The monoisotopic (exact) mass is 462 g/mol. The van der Waals surface area contributed by atoms with Gasteiger partial charge in [0.1, 0.15) is 5.76 Å². The second-order valence-electron chi connectivity index (χ2n) is 7.59. The molecule has 0 spiro atoms. The highest BCUT2D eigenvalue weighted by atomic mass is 127. The molecule has 1 fully saturated rings. The van der Waals surface area contributed by atoms with E-state index in [0.29, 0.717) is 12.0 Å². The molecule has 1 atom stereocenters. The smallest absolute Gasteiger partial charge is 0.191 e. The van der Waals surface area contributed by atoms with E-state index in [2.05, 4.69) is 41.6 Å². The summed E-state index contributed by atoms with van der Waals surface area (Å²) in [5.41, 5.74) is 2.19. The van der Waals surface area contributed by atoms with E-state index in [-0.39, 0.29) is 24.0 Å². The minimum Gasteiger partial charge on any atom is -0.361 e. The van der Waals surface area contributed by atoms with Crippen LogP contribution in [0.2, 0.25) is 0 Å². The van der Waals surface area contributed by atoms with Crippen molar-refractivity contribution in [2.24, 2.45) is 16.8 Å². The van der Waals surface area contributed by atoms with Crippen LogP contribution in [0.4, 0.5) is 0 Å². The quantitative estimate of drug-likeness (QED) is 0.387. The Balaban J connectivity index is 0.00000312. The maximum atomic E-state index is 5.28. The molecule has 1 unspecified atom stereocenters. The van der Waals surface area contributed by atoms with Crippen LogP contribution in [-0.4, -0.2) is 30.8 Å². The molecule has 1 aromatic heterocycles. The molecule has 1 aliphatic carbocycles. The lowest BCUT2D eigenvalue weighted by atomic mass is 9.80. The molecule has 0 radical (unpaired) electrons. The zero-order chi connectivity index (χ0) is 17.7. The van der Waals surface area contributed by atoms with Crippen LogP contribution < -0.4 is 10.6 Å². The molecule has 0 bridgehead atoms. The lowest BCUT2D eigenvalue weighted by Gasteiger charge is -2.32. The van der Waals surface area contributed by atoms with Gasteiger partial charge in [-0.3, -0.25) is 4.99 Å². The van der Waals surface area contributed by atoms with Gasteiger partial charge in [-0.2, -0.15) is 0 Å². The molecule has 1 heterocycles. The van der Waals surface area contributed by atoms with Gasteiger partial charge in [0.25, 0.3) is 0 Å². The zero-order valence-corrected chi connectivity index (χ0v) is 18.9. The number of aromatic nitrogens is 1. The Kier molecular flexibility index (Phi) is 9.24. The molecule has 6 heteroatoms. The van der Waals surface area contributed by atoms with Gasteiger partial charge in [0.15, 0.2) is 5.96 Å². The summed E-state index contributed by atoms with van der Waals surface area (Å²) >= 11 is 0. The van der Waals surface area contributed by atoms with Crippen molar-refractivity contribution in [1.29, 1.82) is 0 Å². The van der Waals surface area contributed by atoms with Crippen molar-refractivity contribution in [2.75, 3.05) is 13.6 Å². The molecule has 2 N–H and O–H groups in total. The molecule has 1 aromatic rings. The number of guanidine groups is 1. The van der Waals surface area contributed by atoms with Crippen molar-refractivity contribution in [3.8, 4) is 0 Å². The number of hydrogen-bond donors (Lipinski definition) is 2. The third-order valence-corrected chi connectivity index (χ3v) is 5.44. The molecule has 5 nitrogen and oxygen atoms in total. The normalized spacial score (nSPS) is 22.4. The lowest BCUT2D eigenvalue weighted by Crippen LogP contribution is -2.46. The fourth-order valence-corrected chi connectivity index (χ4v) is 3.86. The maximum Gasteiger partial charge on any atom is 0.191 e. The fraction of sp³-hybridized carbons (Fsp3) is 0.789. The molecule has 0 aliphatic heterocycles. The van der Waals surface area contributed by atoms with Crippen LogP contribution >= 0.6 is 24.0 Å². The van der Waals surface area contributed by atoms with Gasteiger partial charge in [0, 0.05) is 31.1 Å². The first-order valence-electron chi connectivity index (χ1n) is 9.32. The minimum atomic E-state index is 0. The maximum absolute atomic E-state index is 5.28. The Bertz CT molecular complexity index is 528. The fourth-order valence-electron chi connectivity index (χ4n) is 3.86. The molecule has 0 saturated heterocycles. The Labute approximate surface area is 169 Å². The van der Waals surface area contributed by atoms with Gasteiger partial charge in [-0.15, -0.1) is 24.0 Å². The molecule has 1 saturated carbocycles. The Hall–Kier alpha value is -0.790. The van der Waals surface area contributed by atoms with Crippen LogP contribution in [-0.2, 0) is 0 Å². The zero-order valence-electron chi connectivity index (χ0n) is 16.6. The van der Waals surface area contributed by atoms with E-state index in [4.69, 9.17) is 4.52 Å². The van der Waals surface area contributed by atoms with Gasteiger partial charge < -0.3 is 15.2 Å². The van der Waals surface area contributed by atoms with Crippen molar-refractivity contribution in [1.82, 2.24) is 15.8 Å². The number of nitrogens with zero attached hydrogens (tertiary/aromatic N) is 2. The second-order valence-corrected chi connectivity index (χ2v) is 7.59. The average molecular weight is 462 g/mol. The van der Waals surface area contributed by atoms with Gasteiger partial charge in [0.2, 0.25) is 0 Å². The van der Waals surface area contributed by atoms with E-state index >= 15 is 0 Å². The molecule has 0 aromatic carbocycles. The van der Waals surface area contributed by atoms with Gasteiger partial charge >= 0.3 is 0 Å². The van der Waals surface area contributed by atoms with Gasteiger partial charge in [-0.25, -0.2) is 0 Å². The number of aliphatic imine (C=N–C) groups is 1. The largest absolute Gasteiger partial charge is 0.361 e. The van der Waals surface area contributed by atoms with E-state index in [1.54, 1.807) is 0 Å². The minimum absolute atomic E-state index is 0. The van der Waals surface area contributed by atoms with Crippen LogP contribution in [0, 0.1) is 25.7 Å². The predicted molar refractivity (Wildman–Crippen MR) is 115 cm³/mol. The average Bonchev–Trinajstić information content (AvgIpc) is 2.90. The number of nitrogens with one attached hydrogen (secondary N) is 2. The highest BCUT2D eigenvalue weighted by Crippen LogP contribution is 2.29. The second kappa shape index (κ2) is 10.4. The SMILES string of the molecule is CN=C(NCC(C)c1c(C)noc1C)NC1CCC(C(C)C)CC1.I. The third-order valence-electron chi connectivity index (χ3n) is 5.44. The molecule has 2 rings (SSSR count). The van der Waals surface area contributed by atoms with Crippen LogP contribution in [0.25, 0.3) is 0 Å². The summed E-state index contributed by atoms with van der Waals surface area (Å²) in [6.45, 7) is 11.7. The summed E-state index contributed by atoms with van der Waals surface area (Å²) in [6, 6.07) is 0.542. The summed E-state index contributed by atoms with van der Waals surface area (Å²) in [5.74, 6) is 3.85. The van der Waals surface area contributed by atoms with Crippen LogP contribution in [0.1, 0.15) is 69.4 Å². The van der Waals surface area contributed by atoms with Crippen LogP contribution in [0.15, 0.2) is 9.52 Å². The first-order chi connectivity index (χ1) is 11.4.